The summed E-state index contributed by atoms with van der Waals surface area (Å²) in [6.07, 6.45) is 1.15. The summed E-state index contributed by atoms with van der Waals surface area (Å²) in [5.74, 6) is -1.65. The predicted octanol–water partition coefficient (Wildman–Crippen LogP) is 2.68. The van der Waals surface area contributed by atoms with E-state index in [1.807, 2.05) is 0 Å². The molecule has 12 heavy (non-hydrogen) atoms. The lowest BCUT2D eigenvalue weighted by atomic mass is 10.4. The Balaban J connectivity index is 3.30. The van der Waals surface area contributed by atoms with Crippen LogP contribution in [0.5, 0.6) is 0 Å². The smallest absolute Gasteiger partial charge is 0.372 e. The van der Waals surface area contributed by atoms with Crippen LogP contribution in [-0.2, 0) is 0 Å². The van der Waals surface area contributed by atoms with Crippen LogP contribution >= 0.6 is 15.9 Å². The van der Waals surface area contributed by atoms with Gasteiger partial charge in [-0.2, -0.15) is 0 Å². The van der Waals surface area contributed by atoms with Gasteiger partial charge in [-0.05, 0) is 21.5 Å². The normalized spacial score (nSPS) is 9.08. The first-order chi connectivity index (χ1) is 5.66. The van der Waals surface area contributed by atoms with Gasteiger partial charge in [0.1, 0.15) is 12.0 Å². The summed E-state index contributed by atoms with van der Waals surface area (Å²) >= 11 is 2.96. The highest BCUT2D eigenvalue weighted by molar-refractivity contribution is 9.10. The number of carboxylic acid groups (broad SMARTS) is 1. The molecule has 0 aliphatic heterocycles. The van der Waals surface area contributed by atoms with Crippen LogP contribution in [0.3, 0.4) is 0 Å². The molecule has 7 heteroatoms. The van der Waals surface area contributed by atoms with Crippen LogP contribution in [0.25, 0.3) is 10.4 Å². The highest BCUT2D eigenvalue weighted by Crippen LogP contribution is 2.31. The van der Waals surface area contributed by atoms with Gasteiger partial charge in [0, 0.05) is 4.91 Å². The Morgan fingerprint density at radius 1 is 1.83 bits per heavy atom. The van der Waals surface area contributed by atoms with Crippen LogP contribution in [0.1, 0.15) is 10.6 Å². The van der Waals surface area contributed by atoms with Crippen molar-refractivity contribution in [3.8, 4) is 0 Å². The molecule has 0 aromatic carbocycles. The van der Waals surface area contributed by atoms with Crippen LogP contribution in [0.4, 0.5) is 5.69 Å². The Bertz CT molecular complexity index is 366. The van der Waals surface area contributed by atoms with Crippen molar-refractivity contribution in [1.29, 1.82) is 0 Å². The van der Waals surface area contributed by atoms with E-state index >= 15 is 0 Å². The minimum Gasteiger partial charge on any atom is -0.475 e. The third-order valence-corrected chi connectivity index (χ3v) is 1.62. The summed E-state index contributed by atoms with van der Waals surface area (Å²) in [5, 5.41) is 11.7. The lowest BCUT2D eigenvalue weighted by Gasteiger charge is -1.87. The molecule has 0 radical (unpaired) electrons. The molecule has 0 spiro atoms. The summed E-state index contributed by atoms with van der Waals surface area (Å²) in [4.78, 5) is 12.9. The summed E-state index contributed by atoms with van der Waals surface area (Å²) in [7, 11) is 0. The number of halogens is 1. The van der Waals surface area contributed by atoms with E-state index in [9.17, 15) is 4.79 Å². The molecule has 1 aromatic heterocycles. The molecule has 1 heterocycles. The van der Waals surface area contributed by atoms with E-state index < -0.39 is 5.97 Å². The average molecular weight is 232 g/mol. The topological polar surface area (TPSA) is 99.2 Å². The van der Waals surface area contributed by atoms with Gasteiger partial charge in [0.15, 0.2) is 0 Å². The van der Waals surface area contributed by atoms with Gasteiger partial charge < -0.3 is 9.52 Å². The van der Waals surface area contributed by atoms with Crippen molar-refractivity contribution in [2.24, 2.45) is 5.11 Å². The molecule has 0 aliphatic carbocycles. The molecule has 0 unspecified atom stereocenters. The minimum absolute atomic E-state index is 0.0509. The molecular formula is C5H2BrN3O3. The number of azide groups is 1. The van der Waals surface area contributed by atoms with Gasteiger partial charge in [0.2, 0.25) is 5.76 Å². The molecule has 0 aliphatic rings. The fourth-order valence-electron chi connectivity index (χ4n) is 0.620. The number of carbonyl (C=O) groups is 1. The third kappa shape index (κ3) is 1.41. The standard InChI is InChI=1S/C5H2BrN3O3/c6-2-1-12-4(5(10)11)3(2)8-9-7/h1H,(H,10,11). The first-order valence-electron chi connectivity index (χ1n) is 2.72. The number of rotatable bonds is 2. The molecule has 0 atom stereocenters. The number of carboxylic acids is 1. The summed E-state index contributed by atoms with van der Waals surface area (Å²) < 4.78 is 4.92. The Morgan fingerprint density at radius 2 is 2.50 bits per heavy atom. The van der Waals surface area contributed by atoms with Crippen molar-refractivity contribution >= 4 is 27.6 Å². The Labute approximate surface area is 74.5 Å². The van der Waals surface area contributed by atoms with E-state index in [1.165, 1.54) is 0 Å². The molecule has 0 saturated carbocycles. The van der Waals surface area contributed by atoms with Gasteiger partial charge in [0.25, 0.3) is 0 Å². The van der Waals surface area contributed by atoms with Gasteiger partial charge in [-0.15, -0.1) is 0 Å². The molecule has 1 N–H and O–H groups in total. The minimum atomic E-state index is -1.27. The average Bonchev–Trinajstić information content (AvgIpc) is 2.34. The maximum absolute atomic E-state index is 10.4. The first kappa shape index (κ1) is 8.63. The Morgan fingerprint density at radius 3 is 3.00 bits per heavy atom. The van der Waals surface area contributed by atoms with Crippen LogP contribution in [-0.4, -0.2) is 11.1 Å². The van der Waals surface area contributed by atoms with Gasteiger partial charge in [-0.1, -0.05) is 5.11 Å². The Hall–Kier alpha value is -1.46. The predicted molar refractivity (Wildman–Crippen MR) is 42.2 cm³/mol. The van der Waals surface area contributed by atoms with Crippen molar-refractivity contribution < 1.29 is 14.3 Å². The number of aromatic carboxylic acids is 1. The van der Waals surface area contributed by atoms with Crippen LogP contribution < -0.4 is 0 Å². The zero-order valence-corrected chi connectivity index (χ0v) is 7.15. The van der Waals surface area contributed by atoms with E-state index in [-0.39, 0.29) is 11.4 Å². The second-order valence-corrected chi connectivity index (χ2v) is 2.61. The Kier molecular flexibility index (Phi) is 2.37. The molecule has 0 bridgehead atoms. The number of hydrogen-bond acceptors (Lipinski definition) is 3. The van der Waals surface area contributed by atoms with Gasteiger partial charge in [0.05, 0.1) is 4.47 Å². The zero-order valence-electron chi connectivity index (χ0n) is 5.56. The van der Waals surface area contributed by atoms with Crippen molar-refractivity contribution in [2.45, 2.75) is 0 Å². The fourth-order valence-corrected chi connectivity index (χ4v) is 0.973. The molecule has 0 amide bonds. The maximum Gasteiger partial charge on any atom is 0.372 e. The first-order valence-corrected chi connectivity index (χ1v) is 3.51. The van der Waals surface area contributed by atoms with Gasteiger partial charge >= 0.3 is 5.97 Å². The van der Waals surface area contributed by atoms with Crippen molar-refractivity contribution in [2.75, 3.05) is 0 Å². The van der Waals surface area contributed by atoms with Crippen molar-refractivity contribution in [1.82, 2.24) is 0 Å². The number of nitrogens with zero attached hydrogens (tertiary/aromatic N) is 3. The third-order valence-electron chi connectivity index (χ3n) is 1.06. The van der Waals surface area contributed by atoms with E-state index in [2.05, 4.69) is 30.4 Å². The van der Waals surface area contributed by atoms with Gasteiger partial charge in [-0.25, -0.2) is 4.79 Å². The van der Waals surface area contributed by atoms with E-state index in [0.717, 1.165) is 6.26 Å². The van der Waals surface area contributed by atoms with Gasteiger partial charge in [-0.3, -0.25) is 0 Å². The van der Waals surface area contributed by atoms with E-state index in [0.29, 0.717) is 4.47 Å². The SMILES string of the molecule is [N-]=[N+]=Nc1c(Br)coc1C(=O)O. The highest BCUT2D eigenvalue weighted by Gasteiger charge is 2.16. The molecule has 0 fully saturated rings. The molecule has 6 nitrogen and oxygen atoms in total. The lowest BCUT2D eigenvalue weighted by Crippen LogP contribution is -1.92. The van der Waals surface area contributed by atoms with Crippen molar-refractivity contribution in [3.05, 3.63) is 26.9 Å². The molecule has 1 rings (SSSR count). The second-order valence-electron chi connectivity index (χ2n) is 1.76. The number of hydrogen-bond donors (Lipinski definition) is 1. The summed E-state index contributed by atoms with van der Waals surface area (Å²) in [5.41, 5.74) is 8.02. The van der Waals surface area contributed by atoms with Crippen LogP contribution in [0.2, 0.25) is 0 Å². The monoisotopic (exact) mass is 231 g/mol. The highest BCUT2D eigenvalue weighted by atomic mass is 79.9. The van der Waals surface area contributed by atoms with Crippen LogP contribution in [0.15, 0.2) is 20.3 Å². The maximum atomic E-state index is 10.4. The fraction of sp³-hybridized carbons (Fsp3) is 0. The quantitative estimate of drug-likeness (QED) is 0.481. The van der Waals surface area contributed by atoms with Crippen molar-refractivity contribution in [3.63, 3.8) is 0 Å². The molecule has 1 aromatic rings. The second kappa shape index (κ2) is 3.29. The molecule has 62 valence electrons. The molecule has 0 saturated heterocycles. The molecular weight excluding hydrogens is 230 g/mol. The largest absolute Gasteiger partial charge is 0.475 e. The number of furan rings is 1. The zero-order chi connectivity index (χ0) is 9.14. The van der Waals surface area contributed by atoms with E-state index in [4.69, 9.17) is 10.6 Å². The van der Waals surface area contributed by atoms with E-state index in [1.54, 1.807) is 0 Å². The summed E-state index contributed by atoms with van der Waals surface area (Å²) in [6.45, 7) is 0. The summed E-state index contributed by atoms with van der Waals surface area (Å²) in [6, 6.07) is 0. The lowest BCUT2D eigenvalue weighted by molar-refractivity contribution is 0.0663. The van der Waals surface area contributed by atoms with Crippen LogP contribution in [0, 0.1) is 0 Å².